The first-order chi connectivity index (χ1) is 11.7. The van der Waals surface area contributed by atoms with Gasteiger partial charge in [-0.2, -0.15) is 0 Å². The molecule has 0 amide bonds. The van der Waals surface area contributed by atoms with E-state index in [1.807, 2.05) is 18.2 Å². The maximum Gasteiger partial charge on any atom is 0.166 e. The van der Waals surface area contributed by atoms with E-state index >= 15 is 0 Å². The third-order valence-electron chi connectivity index (χ3n) is 4.21. The molecule has 1 fully saturated rings. The summed E-state index contributed by atoms with van der Waals surface area (Å²) in [6.45, 7) is 2.27. The molecule has 1 heterocycles. The third kappa shape index (κ3) is 3.90. The van der Waals surface area contributed by atoms with Crippen molar-refractivity contribution >= 4 is 33.5 Å². The molecular weight excluding hydrogens is 368 g/mol. The molecule has 0 spiro atoms. The quantitative estimate of drug-likeness (QED) is 0.757. The van der Waals surface area contributed by atoms with E-state index in [0.29, 0.717) is 11.3 Å². The minimum atomic E-state index is 0.0920. The third-order valence-corrected chi connectivity index (χ3v) is 4.67. The van der Waals surface area contributed by atoms with Crippen molar-refractivity contribution in [1.29, 1.82) is 0 Å². The Bertz CT molecular complexity index is 723. The van der Waals surface area contributed by atoms with E-state index in [1.54, 1.807) is 12.3 Å². The molecule has 0 saturated carbocycles. The summed E-state index contributed by atoms with van der Waals surface area (Å²) < 4.78 is 5.99. The Morgan fingerprint density at radius 3 is 2.50 bits per heavy atom. The van der Waals surface area contributed by atoms with Crippen LogP contribution in [0.5, 0.6) is 11.5 Å². The number of anilines is 1. The van der Waals surface area contributed by atoms with E-state index in [9.17, 15) is 5.11 Å². The number of phenolic OH excluding ortho intramolecular Hbond substituents is 1. The summed E-state index contributed by atoms with van der Waals surface area (Å²) in [5, 5.41) is 10.2. The fraction of sp³-hybridized carbons (Fsp3) is 0.316. The largest absolute Gasteiger partial charge is 0.504 e. The molecule has 2 aromatic carbocycles. The Morgan fingerprint density at radius 2 is 1.83 bits per heavy atom. The van der Waals surface area contributed by atoms with Gasteiger partial charge in [-0.3, -0.25) is 4.99 Å². The average molecular weight is 389 g/mol. The van der Waals surface area contributed by atoms with Gasteiger partial charge in [0.05, 0.1) is 12.8 Å². The Hall–Kier alpha value is -2.01. The van der Waals surface area contributed by atoms with Gasteiger partial charge in [-0.05, 0) is 55.7 Å². The Balaban J connectivity index is 1.76. The average Bonchev–Trinajstić information content (AvgIpc) is 2.63. The molecule has 0 atom stereocenters. The molecule has 24 heavy (non-hydrogen) atoms. The number of aliphatic imine (C=N–C) groups is 1. The Morgan fingerprint density at radius 1 is 1.12 bits per heavy atom. The second-order valence-corrected chi connectivity index (χ2v) is 6.78. The minimum absolute atomic E-state index is 0.0920. The second-order valence-electron chi connectivity index (χ2n) is 5.87. The van der Waals surface area contributed by atoms with Gasteiger partial charge in [0.1, 0.15) is 0 Å². The van der Waals surface area contributed by atoms with Crippen molar-refractivity contribution in [2.45, 2.75) is 19.3 Å². The summed E-state index contributed by atoms with van der Waals surface area (Å²) in [7, 11) is 1.53. The number of aromatic hydroxyl groups is 1. The fourth-order valence-corrected chi connectivity index (χ4v) is 3.35. The fourth-order valence-electron chi connectivity index (χ4n) is 2.89. The van der Waals surface area contributed by atoms with Crippen molar-refractivity contribution in [2.24, 2.45) is 4.99 Å². The van der Waals surface area contributed by atoms with Crippen LogP contribution in [0.2, 0.25) is 0 Å². The van der Waals surface area contributed by atoms with Gasteiger partial charge >= 0.3 is 0 Å². The van der Waals surface area contributed by atoms with E-state index in [0.717, 1.165) is 23.2 Å². The molecule has 1 N–H and O–H groups in total. The first-order valence-electron chi connectivity index (χ1n) is 8.13. The first-order valence-corrected chi connectivity index (χ1v) is 8.92. The second kappa shape index (κ2) is 7.71. The number of nitrogens with zero attached hydrogens (tertiary/aromatic N) is 2. The maximum absolute atomic E-state index is 10.2. The number of hydrogen-bond donors (Lipinski definition) is 1. The zero-order chi connectivity index (χ0) is 16.9. The molecule has 0 aromatic heterocycles. The molecule has 3 rings (SSSR count). The lowest BCUT2D eigenvalue weighted by Crippen LogP contribution is -2.29. The van der Waals surface area contributed by atoms with Crippen molar-refractivity contribution in [3.8, 4) is 11.5 Å². The van der Waals surface area contributed by atoms with Crippen molar-refractivity contribution in [3.63, 3.8) is 0 Å². The Labute approximate surface area is 150 Å². The van der Waals surface area contributed by atoms with Crippen molar-refractivity contribution in [1.82, 2.24) is 0 Å². The predicted octanol–water partition coefficient (Wildman–Crippen LogP) is 4.90. The van der Waals surface area contributed by atoms with Crippen molar-refractivity contribution in [2.75, 3.05) is 25.1 Å². The van der Waals surface area contributed by atoms with E-state index in [1.165, 1.54) is 32.1 Å². The summed E-state index contributed by atoms with van der Waals surface area (Å²) in [6, 6.07) is 11.8. The zero-order valence-corrected chi connectivity index (χ0v) is 15.3. The Kier molecular flexibility index (Phi) is 5.41. The van der Waals surface area contributed by atoms with Crippen LogP contribution in [0, 0.1) is 0 Å². The van der Waals surface area contributed by atoms with Gasteiger partial charge in [0, 0.05) is 35.0 Å². The number of phenols is 1. The monoisotopic (exact) mass is 388 g/mol. The molecule has 0 aliphatic carbocycles. The smallest absolute Gasteiger partial charge is 0.166 e. The molecule has 1 saturated heterocycles. The van der Waals surface area contributed by atoms with Gasteiger partial charge < -0.3 is 14.7 Å². The lowest BCUT2D eigenvalue weighted by molar-refractivity contribution is 0.373. The van der Waals surface area contributed by atoms with Gasteiger partial charge in [-0.25, -0.2) is 0 Å². The van der Waals surface area contributed by atoms with Crippen LogP contribution < -0.4 is 9.64 Å². The molecule has 126 valence electrons. The molecular formula is C19H21BrN2O2. The molecule has 0 bridgehead atoms. The van der Waals surface area contributed by atoms with Crippen LogP contribution >= 0.6 is 15.9 Å². The van der Waals surface area contributed by atoms with Gasteiger partial charge in [-0.15, -0.1) is 0 Å². The summed E-state index contributed by atoms with van der Waals surface area (Å²) in [6.07, 6.45) is 5.52. The first kappa shape index (κ1) is 16.8. The summed E-state index contributed by atoms with van der Waals surface area (Å²) in [4.78, 5) is 6.88. The molecule has 1 aliphatic rings. The lowest BCUT2D eigenvalue weighted by Gasteiger charge is -2.28. The van der Waals surface area contributed by atoms with Crippen molar-refractivity contribution < 1.29 is 9.84 Å². The zero-order valence-electron chi connectivity index (χ0n) is 13.7. The molecule has 5 heteroatoms. The molecule has 0 unspecified atom stereocenters. The highest BCUT2D eigenvalue weighted by Crippen LogP contribution is 2.33. The number of hydrogen-bond acceptors (Lipinski definition) is 4. The maximum atomic E-state index is 10.2. The van der Waals surface area contributed by atoms with Gasteiger partial charge in [0.15, 0.2) is 11.5 Å². The van der Waals surface area contributed by atoms with Crippen LogP contribution in [0.4, 0.5) is 11.4 Å². The van der Waals surface area contributed by atoms with Gasteiger partial charge in [0.25, 0.3) is 0 Å². The standard InChI is InChI=1S/C19H21BrN2O2/c1-24-18-12-15(20)11-14(19(18)23)13-21-16-5-7-17(8-6-16)22-9-3-2-4-10-22/h5-8,11-13,23H,2-4,9-10H2,1H3. The molecule has 4 nitrogen and oxygen atoms in total. The number of rotatable bonds is 4. The van der Waals surface area contributed by atoms with Crippen molar-refractivity contribution in [3.05, 3.63) is 46.4 Å². The van der Waals surface area contributed by atoms with Crippen LogP contribution in [0.15, 0.2) is 45.9 Å². The van der Waals surface area contributed by atoms with Crippen LogP contribution in [-0.4, -0.2) is 31.5 Å². The molecule has 0 radical (unpaired) electrons. The van der Waals surface area contributed by atoms with E-state index in [2.05, 4.69) is 38.0 Å². The van der Waals surface area contributed by atoms with Crippen LogP contribution in [-0.2, 0) is 0 Å². The number of halogens is 1. The predicted molar refractivity (Wildman–Crippen MR) is 102 cm³/mol. The van der Waals surface area contributed by atoms with Gasteiger partial charge in [0.2, 0.25) is 0 Å². The highest BCUT2D eigenvalue weighted by molar-refractivity contribution is 9.10. The lowest BCUT2D eigenvalue weighted by atomic mass is 10.1. The summed E-state index contributed by atoms with van der Waals surface area (Å²) >= 11 is 3.41. The number of benzene rings is 2. The highest BCUT2D eigenvalue weighted by atomic mass is 79.9. The minimum Gasteiger partial charge on any atom is -0.504 e. The number of ether oxygens (including phenoxy) is 1. The van der Waals surface area contributed by atoms with Crippen LogP contribution in [0.3, 0.4) is 0 Å². The van der Waals surface area contributed by atoms with Gasteiger partial charge in [-0.1, -0.05) is 15.9 Å². The summed E-state index contributed by atoms with van der Waals surface area (Å²) in [5.74, 6) is 0.514. The van der Waals surface area contributed by atoms with E-state index in [4.69, 9.17) is 4.74 Å². The molecule has 2 aromatic rings. The number of methoxy groups -OCH3 is 1. The number of piperidine rings is 1. The van der Waals surface area contributed by atoms with E-state index < -0.39 is 0 Å². The molecule has 1 aliphatic heterocycles. The summed E-state index contributed by atoms with van der Waals surface area (Å²) in [5.41, 5.74) is 2.72. The SMILES string of the molecule is COc1cc(Br)cc(C=Nc2ccc(N3CCCCC3)cc2)c1O. The van der Waals surface area contributed by atoms with Crippen LogP contribution in [0.25, 0.3) is 0 Å². The van der Waals surface area contributed by atoms with E-state index in [-0.39, 0.29) is 5.75 Å². The topological polar surface area (TPSA) is 45.1 Å². The van der Waals surface area contributed by atoms with Crippen LogP contribution in [0.1, 0.15) is 24.8 Å². The normalized spacial score (nSPS) is 15.0. The highest BCUT2D eigenvalue weighted by Gasteiger charge is 2.11.